The van der Waals surface area contributed by atoms with Crippen LogP contribution in [0.3, 0.4) is 0 Å². The lowest BCUT2D eigenvalue weighted by atomic mass is 10.1. The highest BCUT2D eigenvalue weighted by Crippen LogP contribution is 2.33. The van der Waals surface area contributed by atoms with Crippen molar-refractivity contribution >= 4 is 33.2 Å². The molecule has 0 fully saturated rings. The summed E-state index contributed by atoms with van der Waals surface area (Å²) in [6, 6.07) is 5.38. The summed E-state index contributed by atoms with van der Waals surface area (Å²) in [7, 11) is 0. The van der Waals surface area contributed by atoms with Crippen LogP contribution in [0, 0.1) is 11.3 Å². The second-order valence-electron chi connectivity index (χ2n) is 2.89. The van der Waals surface area contributed by atoms with E-state index in [2.05, 4.69) is 26.6 Å². The van der Waals surface area contributed by atoms with Gasteiger partial charge in [0, 0.05) is 4.47 Å². The number of anilines is 2. The molecular formula is C9H6BrN3O. The first kappa shape index (κ1) is 9.03. The molecule has 1 aromatic rings. The minimum atomic E-state index is -0.0977. The second-order valence-corrected chi connectivity index (χ2v) is 3.75. The van der Waals surface area contributed by atoms with Gasteiger partial charge in [0.25, 0.3) is 0 Å². The summed E-state index contributed by atoms with van der Waals surface area (Å²) < 4.78 is 0.784. The van der Waals surface area contributed by atoms with Crippen molar-refractivity contribution in [2.45, 2.75) is 0 Å². The van der Waals surface area contributed by atoms with Crippen LogP contribution in [0.15, 0.2) is 16.6 Å². The normalized spacial score (nSPS) is 13.6. The molecule has 0 radical (unpaired) electrons. The lowest BCUT2D eigenvalue weighted by Gasteiger charge is -2.19. The van der Waals surface area contributed by atoms with E-state index in [4.69, 9.17) is 5.26 Å². The standard InChI is InChI=1S/C9H6BrN3O/c10-6-1-5(3-11)2-7-9(6)12-4-8(14)13-7/h1-2,12H,4H2,(H,13,14). The van der Waals surface area contributed by atoms with Crippen LogP contribution in [0.2, 0.25) is 0 Å². The molecule has 0 unspecified atom stereocenters. The Morgan fingerprint density at radius 1 is 1.50 bits per heavy atom. The SMILES string of the molecule is N#Cc1cc(Br)c2c(c1)NC(=O)CN2. The fourth-order valence-corrected chi connectivity index (χ4v) is 1.91. The molecule has 14 heavy (non-hydrogen) atoms. The maximum atomic E-state index is 11.1. The van der Waals surface area contributed by atoms with E-state index in [-0.39, 0.29) is 12.5 Å². The molecule has 0 spiro atoms. The van der Waals surface area contributed by atoms with Gasteiger partial charge in [-0.1, -0.05) is 0 Å². The third kappa shape index (κ3) is 1.44. The van der Waals surface area contributed by atoms with E-state index in [0.29, 0.717) is 11.3 Å². The van der Waals surface area contributed by atoms with E-state index in [0.717, 1.165) is 10.2 Å². The molecule has 0 aliphatic carbocycles. The van der Waals surface area contributed by atoms with Crippen LogP contribution < -0.4 is 10.6 Å². The topological polar surface area (TPSA) is 64.9 Å². The molecule has 5 heteroatoms. The van der Waals surface area contributed by atoms with Crippen molar-refractivity contribution in [3.63, 3.8) is 0 Å². The lowest BCUT2D eigenvalue weighted by Crippen LogP contribution is -2.27. The average molecular weight is 252 g/mol. The number of halogens is 1. The molecule has 1 aliphatic rings. The molecule has 0 saturated heterocycles. The molecule has 70 valence electrons. The number of carbonyl (C=O) groups is 1. The highest BCUT2D eigenvalue weighted by Gasteiger charge is 2.17. The summed E-state index contributed by atoms with van der Waals surface area (Å²) in [4.78, 5) is 11.1. The number of hydrogen-bond acceptors (Lipinski definition) is 3. The zero-order valence-electron chi connectivity index (χ0n) is 7.10. The molecule has 1 amide bonds. The summed E-state index contributed by atoms with van der Waals surface area (Å²) >= 11 is 3.33. The lowest BCUT2D eigenvalue weighted by molar-refractivity contribution is -0.114. The predicted molar refractivity (Wildman–Crippen MR) is 56.0 cm³/mol. The molecule has 4 nitrogen and oxygen atoms in total. The van der Waals surface area contributed by atoms with Crippen LogP contribution in [0.25, 0.3) is 0 Å². The summed E-state index contributed by atoms with van der Waals surface area (Å²) in [6.07, 6.45) is 0. The number of fused-ring (bicyclic) bond motifs is 1. The van der Waals surface area contributed by atoms with Gasteiger partial charge in [0.2, 0.25) is 5.91 Å². The van der Waals surface area contributed by atoms with Crippen LogP contribution in [0.5, 0.6) is 0 Å². The van der Waals surface area contributed by atoms with E-state index in [1.807, 2.05) is 6.07 Å². The number of amides is 1. The molecule has 0 aromatic heterocycles. The van der Waals surface area contributed by atoms with Crippen molar-refractivity contribution in [2.24, 2.45) is 0 Å². The van der Waals surface area contributed by atoms with E-state index in [1.165, 1.54) is 0 Å². The van der Waals surface area contributed by atoms with E-state index >= 15 is 0 Å². The fourth-order valence-electron chi connectivity index (χ4n) is 1.31. The smallest absolute Gasteiger partial charge is 0.243 e. The number of rotatable bonds is 0. The zero-order valence-corrected chi connectivity index (χ0v) is 8.68. The summed E-state index contributed by atoms with van der Waals surface area (Å²) in [5, 5.41) is 14.4. The Bertz CT molecular complexity index is 450. The highest BCUT2D eigenvalue weighted by atomic mass is 79.9. The minimum absolute atomic E-state index is 0.0977. The Morgan fingerprint density at radius 3 is 3.00 bits per heavy atom. The van der Waals surface area contributed by atoms with Gasteiger partial charge in [0.15, 0.2) is 0 Å². The first-order chi connectivity index (χ1) is 6.70. The molecule has 0 atom stereocenters. The number of carbonyl (C=O) groups excluding carboxylic acids is 1. The Balaban J connectivity index is 2.55. The van der Waals surface area contributed by atoms with Crippen LogP contribution in [0.4, 0.5) is 11.4 Å². The molecule has 1 aromatic carbocycles. The molecule has 2 rings (SSSR count). The maximum absolute atomic E-state index is 11.1. The summed E-state index contributed by atoms with van der Waals surface area (Å²) in [5.41, 5.74) is 1.98. The quantitative estimate of drug-likeness (QED) is 0.738. The molecule has 0 saturated carbocycles. The van der Waals surface area contributed by atoms with Gasteiger partial charge in [-0.25, -0.2) is 0 Å². The molecular weight excluding hydrogens is 246 g/mol. The highest BCUT2D eigenvalue weighted by molar-refractivity contribution is 9.10. The van der Waals surface area contributed by atoms with Crippen LogP contribution in [0.1, 0.15) is 5.56 Å². The Kier molecular flexibility index (Phi) is 2.14. The van der Waals surface area contributed by atoms with Crippen molar-refractivity contribution in [1.82, 2.24) is 0 Å². The van der Waals surface area contributed by atoms with Crippen LogP contribution >= 0.6 is 15.9 Å². The first-order valence-electron chi connectivity index (χ1n) is 3.98. The minimum Gasteiger partial charge on any atom is -0.374 e. The fraction of sp³-hybridized carbons (Fsp3) is 0.111. The molecule has 2 N–H and O–H groups in total. The number of nitriles is 1. The molecule has 0 bridgehead atoms. The van der Waals surface area contributed by atoms with Gasteiger partial charge in [-0.05, 0) is 28.1 Å². The van der Waals surface area contributed by atoms with Crippen molar-refractivity contribution in [3.8, 4) is 6.07 Å². The molecule has 1 heterocycles. The summed E-state index contributed by atoms with van der Waals surface area (Å²) in [5.74, 6) is -0.0977. The summed E-state index contributed by atoms with van der Waals surface area (Å²) in [6.45, 7) is 0.261. The monoisotopic (exact) mass is 251 g/mol. The van der Waals surface area contributed by atoms with E-state index in [1.54, 1.807) is 12.1 Å². The van der Waals surface area contributed by atoms with Gasteiger partial charge in [-0.3, -0.25) is 4.79 Å². The first-order valence-corrected chi connectivity index (χ1v) is 4.77. The average Bonchev–Trinajstić information content (AvgIpc) is 2.16. The van der Waals surface area contributed by atoms with Gasteiger partial charge in [-0.2, -0.15) is 5.26 Å². The number of benzene rings is 1. The largest absolute Gasteiger partial charge is 0.374 e. The van der Waals surface area contributed by atoms with E-state index in [9.17, 15) is 4.79 Å². The third-order valence-electron chi connectivity index (χ3n) is 1.92. The molecule has 1 aliphatic heterocycles. The zero-order chi connectivity index (χ0) is 10.1. The Hall–Kier alpha value is -1.54. The van der Waals surface area contributed by atoms with Crippen LogP contribution in [-0.2, 0) is 4.79 Å². The number of hydrogen-bond donors (Lipinski definition) is 2. The number of nitrogens with one attached hydrogen (secondary N) is 2. The van der Waals surface area contributed by atoms with Gasteiger partial charge >= 0.3 is 0 Å². The van der Waals surface area contributed by atoms with Gasteiger partial charge in [0.05, 0.1) is 29.6 Å². The third-order valence-corrected chi connectivity index (χ3v) is 2.54. The Labute approximate surface area is 89.0 Å². The van der Waals surface area contributed by atoms with Gasteiger partial charge < -0.3 is 10.6 Å². The second kappa shape index (κ2) is 3.31. The predicted octanol–water partition coefficient (Wildman–Crippen LogP) is 1.68. The van der Waals surface area contributed by atoms with Crippen molar-refractivity contribution in [1.29, 1.82) is 5.26 Å². The number of nitrogens with zero attached hydrogens (tertiary/aromatic N) is 1. The maximum Gasteiger partial charge on any atom is 0.243 e. The van der Waals surface area contributed by atoms with Gasteiger partial charge in [-0.15, -0.1) is 0 Å². The Morgan fingerprint density at radius 2 is 2.29 bits per heavy atom. The van der Waals surface area contributed by atoms with Crippen LogP contribution in [-0.4, -0.2) is 12.5 Å². The van der Waals surface area contributed by atoms with Crippen molar-refractivity contribution < 1.29 is 4.79 Å². The van der Waals surface area contributed by atoms with Crippen molar-refractivity contribution in [2.75, 3.05) is 17.2 Å². The van der Waals surface area contributed by atoms with Gasteiger partial charge in [0.1, 0.15) is 0 Å². The van der Waals surface area contributed by atoms with E-state index < -0.39 is 0 Å². The van der Waals surface area contributed by atoms with Crippen molar-refractivity contribution in [3.05, 3.63) is 22.2 Å².